The van der Waals surface area contributed by atoms with Crippen molar-refractivity contribution in [2.75, 3.05) is 5.32 Å². The molecule has 0 aliphatic rings. The van der Waals surface area contributed by atoms with Crippen LogP contribution in [0.4, 0.5) is 5.69 Å². The van der Waals surface area contributed by atoms with Crippen molar-refractivity contribution < 1.29 is 4.79 Å². The number of amides is 1. The van der Waals surface area contributed by atoms with Gasteiger partial charge in [0, 0.05) is 21.3 Å². The summed E-state index contributed by atoms with van der Waals surface area (Å²) in [6.07, 6.45) is 0. The van der Waals surface area contributed by atoms with Crippen molar-refractivity contribution in [3.8, 4) is 11.4 Å². The normalized spacial score (nSPS) is 10.6. The number of hydrogen-bond acceptors (Lipinski definition) is 4. The molecule has 122 valence electrons. The van der Waals surface area contributed by atoms with Gasteiger partial charge in [-0.1, -0.05) is 29.3 Å². The van der Waals surface area contributed by atoms with Crippen molar-refractivity contribution in [1.82, 2.24) is 20.2 Å². The second-order valence-electron chi connectivity index (χ2n) is 5.11. The fraction of sp³-hybridized carbons (Fsp3) is 0.125. The highest BCUT2D eigenvalue weighted by Crippen LogP contribution is 2.23. The highest BCUT2D eigenvalue weighted by molar-refractivity contribution is 6.31. The van der Waals surface area contributed by atoms with E-state index in [0.29, 0.717) is 21.6 Å². The average Bonchev–Trinajstić information content (AvgIpc) is 3.01. The molecule has 0 aliphatic carbocycles. The molecule has 24 heavy (non-hydrogen) atoms. The van der Waals surface area contributed by atoms with Crippen LogP contribution in [0, 0.1) is 6.92 Å². The minimum atomic E-state index is -0.263. The van der Waals surface area contributed by atoms with Gasteiger partial charge in [-0.3, -0.25) is 4.79 Å². The van der Waals surface area contributed by atoms with E-state index in [1.807, 2.05) is 6.92 Å². The number of aromatic nitrogens is 4. The van der Waals surface area contributed by atoms with E-state index in [1.165, 1.54) is 4.80 Å². The van der Waals surface area contributed by atoms with Gasteiger partial charge in [0.1, 0.15) is 6.54 Å². The van der Waals surface area contributed by atoms with E-state index in [0.717, 1.165) is 11.1 Å². The standard InChI is InChI=1S/C16H13Cl2N5O/c1-10-13(18)3-2-4-14(10)19-15(24)9-23-21-16(20-22-23)11-5-7-12(17)8-6-11/h2-8H,9H2,1H3,(H,19,24). The quantitative estimate of drug-likeness (QED) is 0.770. The van der Waals surface area contributed by atoms with Gasteiger partial charge in [-0.2, -0.15) is 4.80 Å². The van der Waals surface area contributed by atoms with Crippen molar-refractivity contribution in [3.63, 3.8) is 0 Å². The fourth-order valence-corrected chi connectivity index (χ4v) is 2.39. The fourth-order valence-electron chi connectivity index (χ4n) is 2.09. The molecule has 0 spiro atoms. The molecule has 0 radical (unpaired) electrons. The van der Waals surface area contributed by atoms with E-state index < -0.39 is 0 Å². The minimum absolute atomic E-state index is 0.0491. The van der Waals surface area contributed by atoms with Gasteiger partial charge < -0.3 is 5.32 Å². The molecule has 6 nitrogen and oxygen atoms in total. The van der Waals surface area contributed by atoms with Crippen LogP contribution >= 0.6 is 23.2 Å². The lowest BCUT2D eigenvalue weighted by Crippen LogP contribution is -2.21. The summed E-state index contributed by atoms with van der Waals surface area (Å²) in [6, 6.07) is 12.4. The molecule has 1 aromatic heterocycles. The number of nitrogens with one attached hydrogen (secondary N) is 1. The molecule has 8 heteroatoms. The number of hydrogen-bond donors (Lipinski definition) is 1. The molecule has 3 rings (SSSR count). The lowest BCUT2D eigenvalue weighted by atomic mass is 10.2. The Bertz CT molecular complexity index is 876. The predicted molar refractivity (Wildman–Crippen MR) is 93.1 cm³/mol. The molecule has 0 atom stereocenters. The van der Waals surface area contributed by atoms with Gasteiger partial charge in [0.25, 0.3) is 0 Å². The van der Waals surface area contributed by atoms with Crippen LogP contribution in [-0.4, -0.2) is 26.1 Å². The molecule has 1 amide bonds. The van der Waals surface area contributed by atoms with E-state index >= 15 is 0 Å². The topological polar surface area (TPSA) is 72.7 Å². The number of carbonyl (C=O) groups excluding carboxylic acids is 1. The summed E-state index contributed by atoms with van der Waals surface area (Å²) >= 11 is 11.9. The first-order valence-corrected chi connectivity index (χ1v) is 7.87. The van der Waals surface area contributed by atoms with Crippen LogP contribution in [0.3, 0.4) is 0 Å². The summed E-state index contributed by atoms with van der Waals surface area (Å²) in [5.74, 6) is 0.166. The number of tetrazole rings is 1. The van der Waals surface area contributed by atoms with Crippen molar-refractivity contribution in [2.24, 2.45) is 0 Å². The Hall–Kier alpha value is -2.44. The highest BCUT2D eigenvalue weighted by atomic mass is 35.5. The summed E-state index contributed by atoms with van der Waals surface area (Å²) in [5.41, 5.74) is 2.24. The second kappa shape index (κ2) is 6.98. The number of benzene rings is 2. The Morgan fingerprint density at radius 1 is 1.17 bits per heavy atom. The zero-order valence-corrected chi connectivity index (χ0v) is 14.2. The Morgan fingerprint density at radius 2 is 1.92 bits per heavy atom. The molecule has 3 aromatic rings. The number of nitrogens with zero attached hydrogens (tertiary/aromatic N) is 4. The molecule has 1 heterocycles. The SMILES string of the molecule is Cc1c(Cl)cccc1NC(=O)Cn1nnc(-c2ccc(Cl)cc2)n1. The third kappa shape index (κ3) is 3.72. The van der Waals surface area contributed by atoms with Crippen LogP contribution < -0.4 is 5.32 Å². The minimum Gasteiger partial charge on any atom is -0.324 e. The van der Waals surface area contributed by atoms with Crippen molar-refractivity contribution in [1.29, 1.82) is 0 Å². The third-order valence-corrected chi connectivity index (χ3v) is 4.04. The van der Waals surface area contributed by atoms with Crippen LogP contribution in [0.25, 0.3) is 11.4 Å². The maximum absolute atomic E-state index is 12.1. The number of anilines is 1. The lowest BCUT2D eigenvalue weighted by Gasteiger charge is -2.08. The number of rotatable bonds is 4. The molecular formula is C16H13Cl2N5O. The van der Waals surface area contributed by atoms with Gasteiger partial charge >= 0.3 is 0 Å². The zero-order chi connectivity index (χ0) is 17.1. The first kappa shape index (κ1) is 16.4. The predicted octanol–water partition coefficient (Wildman–Crippen LogP) is 3.59. The molecule has 1 N–H and O–H groups in total. The Balaban J connectivity index is 1.69. The van der Waals surface area contributed by atoms with Crippen molar-refractivity contribution >= 4 is 34.8 Å². The monoisotopic (exact) mass is 361 g/mol. The van der Waals surface area contributed by atoms with E-state index in [9.17, 15) is 4.79 Å². The largest absolute Gasteiger partial charge is 0.324 e. The van der Waals surface area contributed by atoms with Gasteiger partial charge in [-0.05, 0) is 54.1 Å². The van der Waals surface area contributed by atoms with E-state index in [-0.39, 0.29) is 12.5 Å². The van der Waals surface area contributed by atoms with E-state index in [4.69, 9.17) is 23.2 Å². The van der Waals surface area contributed by atoms with Gasteiger partial charge in [-0.25, -0.2) is 0 Å². The molecule has 0 saturated carbocycles. The van der Waals surface area contributed by atoms with Gasteiger partial charge in [0.05, 0.1) is 0 Å². The van der Waals surface area contributed by atoms with Gasteiger partial charge in [0.15, 0.2) is 0 Å². The smallest absolute Gasteiger partial charge is 0.248 e. The molecule has 0 bridgehead atoms. The van der Waals surface area contributed by atoms with Crippen LogP contribution in [0.5, 0.6) is 0 Å². The Kier molecular flexibility index (Phi) is 4.78. The molecule has 2 aromatic carbocycles. The second-order valence-corrected chi connectivity index (χ2v) is 5.95. The Labute approximate surface area is 148 Å². The van der Waals surface area contributed by atoms with Crippen LogP contribution in [-0.2, 0) is 11.3 Å². The van der Waals surface area contributed by atoms with Crippen LogP contribution in [0.1, 0.15) is 5.56 Å². The van der Waals surface area contributed by atoms with Gasteiger partial charge in [0.2, 0.25) is 11.7 Å². The first-order valence-electron chi connectivity index (χ1n) is 7.11. The molecule has 0 fully saturated rings. The summed E-state index contributed by atoms with van der Waals surface area (Å²) in [4.78, 5) is 13.4. The third-order valence-electron chi connectivity index (χ3n) is 3.38. The Morgan fingerprint density at radius 3 is 2.67 bits per heavy atom. The van der Waals surface area contributed by atoms with Crippen molar-refractivity contribution in [2.45, 2.75) is 13.5 Å². The molecular weight excluding hydrogens is 349 g/mol. The summed E-state index contributed by atoms with van der Waals surface area (Å²) < 4.78 is 0. The van der Waals surface area contributed by atoms with Crippen LogP contribution in [0.15, 0.2) is 42.5 Å². The molecule has 0 unspecified atom stereocenters. The van der Waals surface area contributed by atoms with Crippen molar-refractivity contribution in [3.05, 3.63) is 58.1 Å². The van der Waals surface area contributed by atoms with E-state index in [1.54, 1.807) is 42.5 Å². The van der Waals surface area contributed by atoms with E-state index in [2.05, 4.69) is 20.7 Å². The van der Waals surface area contributed by atoms with Crippen LogP contribution in [0.2, 0.25) is 10.0 Å². The molecule has 0 saturated heterocycles. The maximum Gasteiger partial charge on any atom is 0.248 e. The average molecular weight is 362 g/mol. The molecule has 0 aliphatic heterocycles. The summed E-state index contributed by atoms with van der Waals surface area (Å²) in [5, 5.41) is 16.0. The summed E-state index contributed by atoms with van der Waals surface area (Å²) in [7, 11) is 0. The maximum atomic E-state index is 12.1. The lowest BCUT2D eigenvalue weighted by molar-refractivity contribution is -0.117. The number of carbonyl (C=O) groups is 1. The summed E-state index contributed by atoms with van der Waals surface area (Å²) in [6.45, 7) is 1.79. The zero-order valence-electron chi connectivity index (χ0n) is 12.7. The van der Waals surface area contributed by atoms with Gasteiger partial charge in [-0.15, -0.1) is 10.2 Å². The number of halogens is 2. The first-order chi connectivity index (χ1) is 11.5. The highest BCUT2D eigenvalue weighted by Gasteiger charge is 2.11.